The zero-order valence-corrected chi connectivity index (χ0v) is 6.84. The molecule has 1 saturated carbocycles. The lowest BCUT2D eigenvalue weighted by Gasteiger charge is -2.19. The highest BCUT2D eigenvalue weighted by Crippen LogP contribution is 2.20. The maximum atomic E-state index is 10.4. The first-order chi connectivity index (χ1) is 5.20. The molecule has 0 saturated heterocycles. The van der Waals surface area contributed by atoms with Crippen LogP contribution < -0.4 is 5.73 Å². The second-order valence-corrected chi connectivity index (χ2v) is 3.09. The van der Waals surface area contributed by atoms with Gasteiger partial charge in [0.1, 0.15) is 0 Å². The third-order valence-electron chi connectivity index (χ3n) is 2.14. The van der Waals surface area contributed by atoms with Gasteiger partial charge in [-0.1, -0.05) is 13.3 Å². The molecule has 0 aromatic heterocycles. The predicted molar refractivity (Wildman–Crippen MR) is 44.7 cm³/mol. The monoisotopic (exact) mass is 154 g/mol. The molecule has 62 valence electrons. The largest absolute Gasteiger partial charge is 0.350 e. The highest BCUT2D eigenvalue weighted by Gasteiger charge is 2.15. The van der Waals surface area contributed by atoms with Gasteiger partial charge in [0.05, 0.1) is 0 Å². The van der Waals surface area contributed by atoms with E-state index in [-0.39, 0.29) is 0 Å². The van der Waals surface area contributed by atoms with Gasteiger partial charge < -0.3 is 5.73 Å². The van der Waals surface area contributed by atoms with Gasteiger partial charge >= 0.3 is 6.03 Å². The first kappa shape index (κ1) is 8.24. The Labute approximate surface area is 66.7 Å². The minimum absolute atomic E-state index is 0.455. The molecule has 3 heteroatoms. The van der Waals surface area contributed by atoms with Crippen LogP contribution >= 0.6 is 0 Å². The summed E-state index contributed by atoms with van der Waals surface area (Å²) < 4.78 is 0. The summed E-state index contributed by atoms with van der Waals surface area (Å²) in [6.45, 7) is 2.10. The summed E-state index contributed by atoms with van der Waals surface area (Å²) >= 11 is 0. The van der Waals surface area contributed by atoms with E-state index in [1.165, 1.54) is 6.42 Å². The molecule has 1 atom stereocenters. The molecule has 0 aliphatic heterocycles. The second kappa shape index (κ2) is 3.51. The lowest BCUT2D eigenvalue weighted by Crippen LogP contribution is -2.19. The minimum Gasteiger partial charge on any atom is -0.350 e. The number of aliphatic imine (C=N–C) groups is 1. The van der Waals surface area contributed by atoms with Gasteiger partial charge in [0, 0.05) is 5.71 Å². The SMILES string of the molecule is CC1CCCCC1=NC(N)=O. The molecule has 0 heterocycles. The lowest BCUT2D eigenvalue weighted by atomic mass is 9.89. The van der Waals surface area contributed by atoms with E-state index in [0.717, 1.165) is 25.0 Å². The molecule has 0 radical (unpaired) electrons. The number of rotatable bonds is 0. The van der Waals surface area contributed by atoms with Gasteiger partial charge in [-0.3, -0.25) is 0 Å². The van der Waals surface area contributed by atoms with Gasteiger partial charge in [0.15, 0.2) is 0 Å². The van der Waals surface area contributed by atoms with Crippen LogP contribution in [0.5, 0.6) is 0 Å². The first-order valence-electron chi connectivity index (χ1n) is 4.07. The third-order valence-corrected chi connectivity index (χ3v) is 2.14. The Hall–Kier alpha value is -0.860. The van der Waals surface area contributed by atoms with Gasteiger partial charge in [-0.2, -0.15) is 0 Å². The van der Waals surface area contributed by atoms with E-state index in [4.69, 9.17) is 5.73 Å². The van der Waals surface area contributed by atoms with Crippen LogP contribution in [-0.2, 0) is 0 Å². The third kappa shape index (κ3) is 2.33. The molecule has 0 spiro atoms. The molecule has 3 nitrogen and oxygen atoms in total. The number of carbonyl (C=O) groups excluding carboxylic acids is 1. The molecule has 1 unspecified atom stereocenters. The van der Waals surface area contributed by atoms with Crippen molar-refractivity contribution in [1.29, 1.82) is 0 Å². The summed E-state index contributed by atoms with van der Waals surface area (Å²) in [7, 11) is 0. The van der Waals surface area contributed by atoms with Crippen molar-refractivity contribution in [3.05, 3.63) is 0 Å². The molecule has 1 rings (SSSR count). The van der Waals surface area contributed by atoms with Crippen LogP contribution in [0, 0.1) is 5.92 Å². The molecule has 1 aliphatic carbocycles. The van der Waals surface area contributed by atoms with Gasteiger partial charge in [0.25, 0.3) is 0 Å². The lowest BCUT2D eigenvalue weighted by molar-refractivity contribution is 0.256. The molecule has 11 heavy (non-hydrogen) atoms. The van der Waals surface area contributed by atoms with E-state index in [1.807, 2.05) is 0 Å². The Kier molecular flexibility index (Phi) is 2.63. The fourth-order valence-electron chi connectivity index (χ4n) is 1.48. The molecule has 2 amide bonds. The Balaban J connectivity index is 2.60. The van der Waals surface area contributed by atoms with Gasteiger partial charge in [0.2, 0.25) is 0 Å². The molecule has 0 aromatic rings. The number of urea groups is 1. The average molecular weight is 154 g/mol. The summed E-state index contributed by atoms with van der Waals surface area (Å²) in [6.07, 6.45) is 4.49. The van der Waals surface area contributed by atoms with Crippen molar-refractivity contribution in [3.8, 4) is 0 Å². The van der Waals surface area contributed by atoms with Crippen molar-refractivity contribution < 1.29 is 4.79 Å². The number of nitrogens with two attached hydrogens (primary N) is 1. The van der Waals surface area contributed by atoms with Gasteiger partial charge in [-0.25, -0.2) is 9.79 Å². The Bertz CT molecular complexity index is 187. The topological polar surface area (TPSA) is 55.4 Å². The summed E-state index contributed by atoms with van der Waals surface area (Å²) in [5.74, 6) is 0.455. The van der Waals surface area contributed by atoms with E-state index >= 15 is 0 Å². The van der Waals surface area contributed by atoms with Crippen molar-refractivity contribution in [2.45, 2.75) is 32.6 Å². The Morgan fingerprint density at radius 3 is 2.91 bits per heavy atom. The Morgan fingerprint density at radius 2 is 2.36 bits per heavy atom. The molecule has 1 aliphatic rings. The summed E-state index contributed by atoms with van der Waals surface area (Å²) in [5, 5.41) is 0. The average Bonchev–Trinajstić information content (AvgIpc) is 1.93. The molecular weight excluding hydrogens is 140 g/mol. The molecule has 0 aromatic carbocycles. The number of amides is 2. The number of nitrogens with zero attached hydrogens (tertiary/aromatic N) is 1. The minimum atomic E-state index is -0.547. The first-order valence-corrected chi connectivity index (χ1v) is 4.07. The van der Waals surface area contributed by atoms with Crippen LogP contribution in [0.25, 0.3) is 0 Å². The van der Waals surface area contributed by atoms with Crippen molar-refractivity contribution >= 4 is 11.7 Å². The molecular formula is C8H14N2O. The van der Waals surface area contributed by atoms with E-state index in [9.17, 15) is 4.79 Å². The van der Waals surface area contributed by atoms with Crippen LogP contribution in [0.1, 0.15) is 32.6 Å². The van der Waals surface area contributed by atoms with Crippen molar-refractivity contribution in [2.24, 2.45) is 16.6 Å². The smallest absolute Gasteiger partial charge is 0.338 e. The highest BCUT2D eigenvalue weighted by molar-refractivity contribution is 5.96. The van der Waals surface area contributed by atoms with Crippen molar-refractivity contribution in [2.75, 3.05) is 0 Å². The zero-order chi connectivity index (χ0) is 8.27. The number of carbonyl (C=O) groups is 1. The Morgan fingerprint density at radius 1 is 1.64 bits per heavy atom. The van der Waals surface area contributed by atoms with Crippen LogP contribution in [0.2, 0.25) is 0 Å². The summed E-state index contributed by atoms with van der Waals surface area (Å²) in [4.78, 5) is 14.2. The van der Waals surface area contributed by atoms with E-state index in [1.54, 1.807) is 0 Å². The number of hydrogen-bond donors (Lipinski definition) is 1. The van der Waals surface area contributed by atoms with E-state index in [0.29, 0.717) is 5.92 Å². The number of primary amides is 1. The van der Waals surface area contributed by atoms with Crippen molar-refractivity contribution in [1.82, 2.24) is 0 Å². The van der Waals surface area contributed by atoms with Crippen molar-refractivity contribution in [3.63, 3.8) is 0 Å². The molecule has 2 N–H and O–H groups in total. The quantitative estimate of drug-likeness (QED) is 0.567. The van der Waals surface area contributed by atoms with Crippen LogP contribution in [0.4, 0.5) is 4.79 Å². The number of hydrogen-bond acceptors (Lipinski definition) is 1. The highest BCUT2D eigenvalue weighted by atomic mass is 16.2. The fraction of sp³-hybridized carbons (Fsp3) is 0.750. The van der Waals surface area contributed by atoms with Crippen LogP contribution in [0.3, 0.4) is 0 Å². The maximum Gasteiger partial charge on any atom is 0.338 e. The summed E-state index contributed by atoms with van der Waals surface area (Å²) in [5.41, 5.74) is 5.95. The van der Waals surface area contributed by atoms with Crippen LogP contribution in [0.15, 0.2) is 4.99 Å². The van der Waals surface area contributed by atoms with Gasteiger partial charge in [-0.05, 0) is 25.2 Å². The van der Waals surface area contributed by atoms with Crippen LogP contribution in [-0.4, -0.2) is 11.7 Å². The maximum absolute atomic E-state index is 10.4. The standard InChI is InChI=1S/C8H14N2O/c1-6-4-2-3-5-7(6)10-8(9)11/h6H,2-5H2,1H3,(H2,9,11). The second-order valence-electron chi connectivity index (χ2n) is 3.09. The molecule has 0 bridgehead atoms. The normalized spacial score (nSPS) is 28.8. The summed E-state index contributed by atoms with van der Waals surface area (Å²) in [6, 6.07) is -0.547. The predicted octanol–water partition coefficient (Wildman–Crippen LogP) is 1.72. The van der Waals surface area contributed by atoms with Gasteiger partial charge in [-0.15, -0.1) is 0 Å². The van der Waals surface area contributed by atoms with E-state index < -0.39 is 6.03 Å². The fourth-order valence-corrected chi connectivity index (χ4v) is 1.48. The van der Waals surface area contributed by atoms with E-state index in [2.05, 4.69) is 11.9 Å². The zero-order valence-electron chi connectivity index (χ0n) is 6.84. The molecule has 1 fully saturated rings.